The number of thiophene rings is 1. The first-order valence-electron chi connectivity index (χ1n) is 5.19. The van der Waals surface area contributed by atoms with Gasteiger partial charge in [0.25, 0.3) is 0 Å². The summed E-state index contributed by atoms with van der Waals surface area (Å²) in [6, 6.07) is 9.98. The van der Waals surface area contributed by atoms with E-state index in [0.717, 1.165) is 29.5 Å². The van der Waals surface area contributed by atoms with Gasteiger partial charge in [-0.15, -0.1) is 11.3 Å². The minimum atomic E-state index is 0.819. The van der Waals surface area contributed by atoms with Crippen LogP contribution in [0.25, 0.3) is 0 Å². The van der Waals surface area contributed by atoms with Crippen molar-refractivity contribution in [3.63, 3.8) is 0 Å². The van der Waals surface area contributed by atoms with E-state index < -0.39 is 0 Å². The van der Waals surface area contributed by atoms with E-state index in [1.165, 1.54) is 4.88 Å². The first-order valence-corrected chi connectivity index (χ1v) is 6.39. The number of rotatable bonds is 5. The second kappa shape index (κ2) is 5.99. The lowest BCUT2D eigenvalue weighted by atomic mass is 10.3. The summed E-state index contributed by atoms with van der Waals surface area (Å²) in [5, 5.41) is 3.36. The molecule has 84 valence electrons. The van der Waals surface area contributed by atoms with Gasteiger partial charge in [0, 0.05) is 24.2 Å². The van der Waals surface area contributed by atoms with E-state index >= 15 is 0 Å². The van der Waals surface area contributed by atoms with E-state index in [0.29, 0.717) is 0 Å². The third-order valence-electron chi connectivity index (χ3n) is 2.21. The number of nitrogens with zero attached hydrogens (tertiary/aromatic N) is 1. The van der Waals surface area contributed by atoms with Crippen LogP contribution in [0.15, 0.2) is 36.5 Å². The van der Waals surface area contributed by atoms with Crippen molar-refractivity contribution in [1.82, 2.24) is 10.3 Å². The van der Waals surface area contributed by atoms with Gasteiger partial charge in [-0.25, -0.2) is 0 Å². The Morgan fingerprint density at radius 3 is 2.88 bits per heavy atom. The highest BCUT2D eigenvalue weighted by Gasteiger charge is 1.97. The molecule has 1 N–H and O–H groups in total. The molecule has 0 fully saturated rings. The Kier molecular flexibility index (Phi) is 4.34. The SMILES string of the molecule is Clc1ccc(CCNCc2ccccn2)s1. The van der Waals surface area contributed by atoms with Gasteiger partial charge in [0.1, 0.15) is 0 Å². The van der Waals surface area contributed by atoms with Crippen LogP contribution < -0.4 is 5.32 Å². The van der Waals surface area contributed by atoms with E-state index in [9.17, 15) is 0 Å². The van der Waals surface area contributed by atoms with E-state index in [1.54, 1.807) is 11.3 Å². The largest absolute Gasteiger partial charge is 0.311 e. The number of aromatic nitrogens is 1. The van der Waals surface area contributed by atoms with Crippen LogP contribution >= 0.6 is 22.9 Å². The molecule has 2 rings (SSSR count). The molecule has 2 heterocycles. The monoisotopic (exact) mass is 252 g/mol. The van der Waals surface area contributed by atoms with Crippen molar-refractivity contribution in [2.75, 3.05) is 6.54 Å². The molecule has 2 aromatic rings. The molecule has 0 unspecified atom stereocenters. The van der Waals surface area contributed by atoms with Gasteiger partial charge in [-0.2, -0.15) is 0 Å². The topological polar surface area (TPSA) is 24.9 Å². The molecular weight excluding hydrogens is 240 g/mol. The van der Waals surface area contributed by atoms with E-state index in [2.05, 4.69) is 16.4 Å². The second-order valence-electron chi connectivity index (χ2n) is 3.45. The fraction of sp³-hybridized carbons (Fsp3) is 0.250. The Morgan fingerprint density at radius 2 is 2.19 bits per heavy atom. The van der Waals surface area contributed by atoms with Gasteiger partial charge in [-0.3, -0.25) is 4.98 Å². The number of hydrogen-bond donors (Lipinski definition) is 1. The van der Waals surface area contributed by atoms with Gasteiger partial charge in [0.2, 0.25) is 0 Å². The average molecular weight is 253 g/mol. The predicted octanol–water partition coefficient (Wildman–Crippen LogP) is 3.13. The van der Waals surface area contributed by atoms with Gasteiger partial charge < -0.3 is 5.32 Å². The average Bonchev–Trinajstić information content (AvgIpc) is 2.72. The Balaban J connectivity index is 1.69. The Bertz CT molecular complexity index is 428. The summed E-state index contributed by atoms with van der Waals surface area (Å²) in [6.45, 7) is 1.77. The van der Waals surface area contributed by atoms with E-state index in [-0.39, 0.29) is 0 Å². The van der Waals surface area contributed by atoms with Crippen molar-refractivity contribution >= 4 is 22.9 Å². The molecule has 0 aromatic carbocycles. The normalized spacial score (nSPS) is 10.6. The molecule has 4 heteroatoms. The van der Waals surface area contributed by atoms with Crippen molar-refractivity contribution in [2.45, 2.75) is 13.0 Å². The summed E-state index contributed by atoms with van der Waals surface area (Å²) in [4.78, 5) is 5.56. The summed E-state index contributed by atoms with van der Waals surface area (Å²) < 4.78 is 0.861. The fourth-order valence-electron chi connectivity index (χ4n) is 1.42. The Morgan fingerprint density at radius 1 is 1.25 bits per heavy atom. The smallest absolute Gasteiger partial charge is 0.0931 e. The summed E-state index contributed by atoms with van der Waals surface area (Å²) in [7, 11) is 0. The summed E-state index contributed by atoms with van der Waals surface area (Å²) in [5.41, 5.74) is 1.08. The van der Waals surface area contributed by atoms with Crippen LogP contribution in [0.1, 0.15) is 10.6 Å². The second-order valence-corrected chi connectivity index (χ2v) is 5.25. The first-order chi connectivity index (χ1) is 7.84. The van der Waals surface area contributed by atoms with Crippen molar-refractivity contribution < 1.29 is 0 Å². The van der Waals surface area contributed by atoms with Crippen molar-refractivity contribution in [1.29, 1.82) is 0 Å². The molecule has 0 radical (unpaired) electrons. The molecule has 0 aliphatic carbocycles. The minimum absolute atomic E-state index is 0.819. The highest BCUT2D eigenvalue weighted by molar-refractivity contribution is 7.16. The van der Waals surface area contributed by atoms with Crippen LogP contribution in [-0.2, 0) is 13.0 Å². The minimum Gasteiger partial charge on any atom is -0.311 e. The maximum absolute atomic E-state index is 5.86. The molecule has 0 saturated carbocycles. The van der Waals surface area contributed by atoms with Gasteiger partial charge >= 0.3 is 0 Å². The molecule has 16 heavy (non-hydrogen) atoms. The maximum Gasteiger partial charge on any atom is 0.0931 e. The van der Waals surface area contributed by atoms with E-state index in [1.807, 2.05) is 30.5 Å². The van der Waals surface area contributed by atoms with E-state index in [4.69, 9.17) is 11.6 Å². The molecule has 0 spiro atoms. The van der Waals surface area contributed by atoms with Crippen LogP contribution in [0.4, 0.5) is 0 Å². The van der Waals surface area contributed by atoms with Gasteiger partial charge in [0.15, 0.2) is 0 Å². The molecule has 0 aliphatic heterocycles. The van der Waals surface area contributed by atoms with Crippen LogP contribution in [0.2, 0.25) is 4.34 Å². The first kappa shape index (κ1) is 11.6. The number of halogens is 1. The number of pyridine rings is 1. The van der Waals surface area contributed by atoms with Crippen molar-refractivity contribution in [3.05, 3.63) is 51.4 Å². The van der Waals surface area contributed by atoms with Crippen molar-refractivity contribution in [3.8, 4) is 0 Å². The number of hydrogen-bond acceptors (Lipinski definition) is 3. The summed E-state index contributed by atoms with van der Waals surface area (Å²) >= 11 is 7.50. The van der Waals surface area contributed by atoms with Gasteiger partial charge in [-0.05, 0) is 30.7 Å². The molecule has 0 aliphatic rings. The molecule has 2 aromatic heterocycles. The quantitative estimate of drug-likeness (QED) is 0.827. The van der Waals surface area contributed by atoms with Gasteiger partial charge in [-0.1, -0.05) is 17.7 Å². The zero-order valence-corrected chi connectivity index (χ0v) is 10.4. The lowest BCUT2D eigenvalue weighted by Gasteiger charge is -2.02. The Hall–Kier alpha value is -0.900. The maximum atomic E-state index is 5.86. The van der Waals surface area contributed by atoms with Crippen LogP contribution in [0.5, 0.6) is 0 Å². The summed E-state index contributed by atoms with van der Waals surface area (Å²) in [5.74, 6) is 0. The van der Waals surface area contributed by atoms with Crippen LogP contribution in [-0.4, -0.2) is 11.5 Å². The summed E-state index contributed by atoms with van der Waals surface area (Å²) in [6.07, 6.45) is 2.83. The van der Waals surface area contributed by atoms with Crippen molar-refractivity contribution in [2.24, 2.45) is 0 Å². The van der Waals surface area contributed by atoms with Gasteiger partial charge in [0.05, 0.1) is 10.0 Å². The third kappa shape index (κ3) is 3.59. The zero-order valence-electron chi connectivity index (χ0n) is 8.82. The Labute approximate surface area is 104 Å². The predicted molar refractivity (Wildman–Crippen MR) is 69.0 cm³/mol. The van der Waals surface area contributed by atoms with Crippen LogP contribution in [0.3, 0.4) is 0 Å². The molecular formula is C12H13ClN2S. The molecule has 0 saturated heterocycles. The molecule has 0 bridgehead atoms. The lowest BCUT2D eigenvalue weighted by molar-refractivity contribution is 0.678. The molecule has 0 amide bonds. The number of nitrogens with one attached hydrogen (secondary N) is 1. The lowest BCUT2D eigenvalue weighted by Crippen LogP contribution is -2.16. The zero-order chi connectivity index (χ0) is 11.2. The highest BCUT2D eigenvalue weighted by Crippen LogP contribution is 2.21. The molecule has 0 atom stereocenters. The van der Waals surface area contributed by atoms with Crippen LogP contribution in [0, 0.1) is 0 Å². The molecule has 2 nitrogen and oxygen atoms in total. The fourth-order valence-corrected chi connectivity index (χ4v) is 2.50. The standard InChI is InChI=1S/C12H13ClN2S/c13-12-5-4-11(16-12)6-8-14-9-10-3-1-2-7-15-10/h1-5,7,14H,6,8-9H2. The highest BCUT2D eigenvalue weighted by atomic mass is 35.5. The third-order valence-corrected chi connectivity index (χ3v) is 3.50.